The highest BCUT2D eigenvalue weighted by molar-refractivity contribution is 6.31. The third-order valence-corrected chi connectivity index (χ3v) is 4.86. The predicted octanol–water partition coefficient (Wildman–Crippen LogP) is 3.27. The molecule has 1 amide bonds. The van der Waals surface area contributed by atoms with Gasteiger partial charge in [0.2, 0.25) is 11.5 Å². The SMILES string of the molecule is CCCCCC1(O)OC(=C=O)C(C(=O)NOC)=C1c1cc2ccc(Cl)cc2[nH]1. The van der Waals surface area contributed by atoms with E-state index >= 15 is 0 Å². The molecule has 3 N–H and O–H groups in total. The first-order chi connectivity index (χ1) is 13.4. The van der Waals surface area contributed by atoms with Crippen LogP contribution < -0.4 is 5.48 Å². The van der Waals surface area contributed by atoms with Crippen LogP contribution in [0.1, 0.15) is 38.3 Å². The molecule has 2 heterocycles. The molecule has 0 aliphatic carbocycles. The van der Waals surface area contributed by atoms with Crippen molar-refractivity contribution in [3.8, 4) is 0 Å². The van der Waals surface area contributed by atoms with Gasteiger partial charge in [0.1, 0.15) is 5.57 Å². The van der Waals surface area contributed by atoms with Crippen molar-refractivity contribution >= 4 is 39.9 Å². The number of carbonyl (C=O) groups is 1. The molecule has 1 aromatic heterocycles. The lowest BCUT2D eigenvalue weighted by atomic mass is 9.93. The fourth-order valence-corrected chi connectivity index (χ4v) is 3.55. The van der Waals surface area contributed by atoms with Gasteiger partial charge in [0.05, 0.1) is 12.7 Å². The second kappa shape index (κ2) is 8.20. The minimum Gasteiger partial charge on any atom is -0.446 e. The maximum atomic E-state index is 12.6. The van der Waals surface area contributed by atoms with Crippen LogP contribution in [0, 0.1) is 0 Å². The quantitative estimate of drug-likeness (QED) is 0.373. The van der Waals surface area contributed by atoms with E-state index in [1.165, 1.54) is 7.11 Å². The van der Waals surface area contributed by atoms with Gasteiger partial charge in [-0.05, 0) is 24.6 Å². The van der Waals surface area contributed by atoms with Crippen molar-refractivity contribution in [3.05, 3.63) is 46.3 Å². The number of aromatic amines is 1. The summed E-state index contributed by atoms with van der Waals surface area (Å²) in [5.41, 5.74) is 3.40. The van der Waals surface area contributed by atoms with E-state index in [1.54, 1.807) is 24.1 Å². The van der Waals surface area contributed by atoms with Gasteiger partial charge in [-0.3, -0.25) is 9.63 Å². The zero-order valence-corrected chi connectivity index (χ0v) is 16.4. The Balaban J connectivity index is 2.19. The molecule has 2 aromatic rings. The van der Waals surface area contributed by atoms with E-state index in [9.17, 15) is 14.7 Å². The highest BCUT2D eigenvalue weighted by atomic mass is 35.5. The molecule has 28 heavy (non-hydrogen) atoms. The normalized spacial score (nSPS) is 19.1. The van der Waals surface area contributed by atoms with Crippen molar-refractivity contribution in [1.82, 2.24) is 10.5 Å². The summed E-state index contributed by atoms with van der Waals surface area (Å²) in [6.45, 7) is 2.03. The van der Waals surface area contributed by atoms with Crippen molar-refractivity contribution in [2.45, 2.75) is 38.4 Å². The lowest BCUT2D eigenvalue weighted by Gasteiger charge is -2.25. The monoisotopic (exact) mass is 404 g/mol. The Bertz CT molecular complexity index is 990. The van der Waals surface area contributed by atoms with E-state index in [2.05, 4.69) is 10.5 Å². The summed E-state index contributed by atoms with van der Waals surface area (Å²) in [6.07, 6.45) is 2.66. The number of benzene rings is 1. The largest absolute Gasteiger partial charge is 0.446 e. The molecule has 148 valence electrons. The molecule has 1 aliphatic rings. The van der Waals surface area contributed by atoms with Gasteiger partial charge in [0.15, 0.2) is 5.94 Å². The molecule has 0 fully saturated rings. The summed E-state index contributed by atoms with van der Waals surface area (Å²) in [7, 11) is 1.27. The maximum Gasteiger partial charge on any atom is 0.280 e. The molecular weight excluding hydrogens is 384 g/mol. The fourth-order valence-electron chi connectivity index (χ4n) is 3.38. The van der Waals surface area contributed by atoms with Gasteiger partial charge in [-0.15, -0.1) is 0 Å². The number of amides is 1. The summed E-state index contributed by atoms with van der Waals surface area (Å²) in [6, 6.07) is 7.06. The molecule has 0 radical (unpaired) electrons. The van der Waals surface area contributed by atoms with Gasteiger partial charge in [-0.2, -0.15) is 0 Å². The minimum atomic E-state index is -1.84. The first kappa shape index (κ1) is 20.2. The van der Waals surface area contributed by atoms with Crippen LogP contribution in [-0.2, 0) is 19.2 Å². The average Bonchev–Trinajstić information content (AvgIpc) is 3.19. The number of fused-ring (bicyclic) bond motifs is 1. The number of rotatable bonds is 7. The molecule has 1 aliphatic heterocycles. The number of aromatic nitrogens is 1. The Morgan fingerprint density at radius 3 is 2.86 bits per heavy atom. The van der Waals surface area contributed by atoms with Crippen LogP contribution in [0.3, 0.4) is 0 Å². The highest BCUT2D eigenvalue weighted by Gasteiger charge is 2.48. The van der Waals surface area contributed by atoms with E-state index in [0.717, 1.165) is 23.7 Å². The first-order valence-corrected chi connectivity index (χ1v) is 9.35. The molecule has 7 nitrogen and oxygen atoms in total. The highest BCUT2D eigenvalue weighted by Crippen LogP contribution is 2.45. The maximum absolute atomic E-state index is 12.6. The summed E-state index contributed by atoms with van der Waals surface area (Å²) in [4.78, 5) is 31.9. The van der Waals surface area contributed by atoms with E-state index < -0.39 is 11.7 Å². The summed E-state index contributed by atoms with van der Waals surface area (Å²) < 4.78 is 5.52. The molecule has 8 heteroatoms. The smallest absolute Gasteiger partial charge is 0.280 e. The molecule has 0 bridgehead atoms. The van der Waals surface area contributed by atoms with Crippen LogP contribution in [0.25, 0.3) is 16.5 Å². The van der Waals surface area contributed by atoms with Crippen molar-refractivity contribution in [2.24, 2.45) is 0 Å². The van der Waals surface area contributed by atoms with Crippen LogP contribution in [0.4, 0.5) is 0 Å². The standard InChI is InChI=1S/C20H21ClN2O5/c1-3-4-5-8-20(26)18(17(16(11-24)28-20)19(25)23-27-2)15-9-12-6-7-13(21)10-14(12)22-15/h6-7,9-10,22,26H,3-5,8H2,1-2H3,(H,23,25). The number of H-pyrrole nitrogens is 1. The minimum absolute atomic E-state index is 0.117. The van der Waals surface area contributed by atoms with Gasteiger partial charge in [-0.1, -0.05) is 37.4 Å². The Morgan fingerprint density at radius 2 is 2.18 bits per heavy atom. The Kier molecular flexibility index (Phi) is 5.91. The number of unbranched alkanes of at least 4 members (excludes halogenated alkanes) is 2. The first-order valence-electron chi connectivity index (χ1n) is 8.97. The molecule has 1 unspecified atom stereocenters. The summed E-state index contributed by atoms with van der Waals surface area (Å²) in [5, 5.41) is 12.6. The van der Waals surface area contributed by atoms with Crippen LogP contribution in [0.5, 0.6) is 0 Å². The van der Waals surface area contributed by atoms with E-state index in [0.29, 0.717) is 17.1 Å². The van der Waals surface area contributed by atoms with Crippen molar-refractivity contribution in [2.75, 3.05) is 7.11 Å². The van der Waals surface area contributed by atoms with Crippen LogP contribution in [-0.4, -0.2) is 34.8 Å². The zero-order chi connectivity index (χ0) is 20.3. The number of carbonyl (C=O) groups excluding carboxylic acids is 2. The third-order valence-electron chi connectivity index (χ3n) is 4.63. The average molecular weight is 405 g/mol. The van der Waals surface area contributed by atoms with Gasteiger partial charge in [0, 0.05) is 28.0 Å². The lowest BCUT2D eigenvalue weighted by molar-refractivity contribution is -0.128. The summed E-state index contributed by atoms with van der Waals surface area (Å²) >= 11 is 6.05. The van der Waals surface area contributed by atoms with Gasteiger partial charge in [0.25, 0.3) is 5.91 Å². The topological polar surface area (TPSA) is 101 Å². The number of hydrogen-bond acceptors (Lipinski definition) is 5. The molecule has 1 aromatic carbocycles. The molecule has 0 saturated heterocycles. The van der Waals surface area contributed by atoms with Gasteiger partial charge in [-0.25, -0.2) is 10.3 Å². The lowest BCUT2D eigenvalue weighted by Crippen LogP contribution is -2.30. The molecule has 0 spiro atoms. The van der Waals surface area contributed by atoms with Crippen molar-refractivity contribution in [1.29, 1.82) is 0 Å². The number of hydroxylamine groups is 1. The van der Waals surface area contributed by atoms with Gasteiger partial charge < -0.3 is 14.8 Å². The second-order valence-electron chi connectivity index (χ2n) is 6.57. The van der Waals surface area contributed by atoms with Crippen molar-refractivity contribution in [3.63, 3.8) is 0 Å². The van der Waals surface area contributed by atoms with Crippen LogP contribution >= 0.6 is 11.6 Å². The van der Waals surface area contributed by atoms with Crippen molar-refractivity contribution < 1.29 is 24.3 Å². The Hall–Kier alpha value is -2.57. The zero-order valence-electron chi connectivity index (χ0n) is 15.6. The van der Waals surface area contributed by atoms with E-state index in [4.69, 9.17) is 21.2 Å². The predicted molar refractivity (Wildman–Crippen MR) is 105 cm³/mol. The number of ether oxygens (including phenoxy) is 1. The Morgan fingerprint density at radius 1 is 1.39 bits per heavy atom. The van der Waals surface area contributed by atoms with Gasteiger partial charge >= 0.3 is 0 Å². The number of aliphatic hydroxyl groups is 1. The Labute approximate surface area is 166 Å². The van der Waals surface area contributed by atoms with Crippen LogP contribution in [0.15, 0.2) is 35.6 Å². The van der Waals surface area contributed by atoms with E-state index in [-0.39, 0.29) is 23.3 Å². The number of halogens is 1. The summed E-state index contributed by atoms with van der Waals surface area (Å²) in [5.74, 6) is -1.29. The molecule has 3 rings (SSSR count). The third kappa shape index (κ3) is 3.70. The fraction of sp³-hybridized carbons (Fsp3) is 0.350. The molecular formula is C20H21ClN2O5. The molecule has 1 atom stereocenters. The molecule has 0 saturated carbocycles. The number of nitrogens with one attached hydrogen (secondary N) is 2. The van der Waals surface area contributed by atoms with E-state index in [1.807, 2.05) is 13.0 Å². The number of hydrogen-bond donors (Lipinski definition) is 3. The van der Waals surface area contributed by atoms with Crippen LogP contribution in [0.2, 0.25) is 5.02 Å². The second-order valence-corrected chi connectivity index (χ2v) is 7.01.